The molecule has 0 saturated heterocycles. The van der Waals surface area contributed by atoms with E-state index in [1.807, 2.05) is 24.3 Å². The second-order valence-corrected chi connectivity index (χ2v) is 7.41. The maximum absolute atomic E-state index is 11.0. The third kappa shape index (κ3) is 12.8. The molecule has 25 heavy (non-hydrogen) atoms. The zero-order valence-corrected chi connectivity index (χ0v) is 18.6. The second-order valence-electron chi connectivity index (χ2n) is 5.91. The molecule has 7 heteroatoms. The molecule has 5 nitrogen and oxygen atoms in total. The summed E-state index contributed by atoms with van der Waals surface area (Å²) < 4.78 is 41.6. The molecule has 0 aliphatic heterocycles. The van der Waals surface area contributed by atoms with Crippen molar-refractivity contribution in [3.05, 3.63) is 29.8 Å². The molecular formula is C18H31NaO5S. The Labute approximate surface area is 176 Å². The Morgan fingerprint density at radius 2 is 1.64 bits per heavy atom. The van der Waals surface area contributed by atoms with E-state index >= 15 is 0 Å². The fourth-order valence-corrected chi connectivity index (χ4v) is 2.98. The third-order valence-electron chi connectivity index (χ3n) is 3.71. The minimum atomic E-state index is -4.15. The summed E-state index contributed by atoms with van der Waals surface area (Å²) in [5.41, 5.74) is 1.24. The molecule has 0 bridgehead atoms. The van der Waals surface area contributed by atoms with Crippen LogP contribution < -0.4 is 34.3 Å². The molecule has 0 heterocycles. The van der Waals surface area contributed by atoms with Crippen LogP contribution in [0, 0.1) is 0 Å². The predicted molar refractivity (Wildman–Crippen MR) is 97.1 cm³/mol. The van der Waals surface area contributed by atoms with Crippen LogP contribution in [0.4, 0.5) is 0 Å². The van der Waals surface area contributed by atoms with Gasteiger partial charge in [-0.15, -0.1) is 0 Å². The van der Waals surface area contributed by atoms with Gasteiger partial charge >= 0.3 is 29.6 Å². The van der Waals surface area contributed by atoms with Gasteiger partial charge in [0.25, 0.3) is 10.1 Å². The zero-order chi connectivity index (χ0) is 17.8. The Morgan fingerprint density at radius 1 is 1.04 bits per heavy atom. The van der Waals surface area contributed by atoms with Crippen molar-refractivity contribution in [1.82, 2.24) is 0 Å². The summed E-state index contributed by atoms with van der Waals surface area (Å²) in [5.74, 6) is -0.0517. The largest absolute Gasteiger partial charge is 1.00 e. The molecular weight excluding hydrogens is 351 g/mol. The van der Waals surface area contributed by atoms with Crippen molar-refractivity contribution in [3.8, 4) is 5.75 Å². The van der Waals surface area contributed by atoms with Crippen molar-refractivity contribution in [2.75, 3.05) is 12.4 Å². The van der Waals surface area contributed by atoms with Gasteiger partial charge in [-0.05, 0) is 37.5 Å². The van der Waals surface area contributed by atoms with Crippen LogP contribution in [0.5, 0.6) is 5.75 Å². The Morgan fingerprint density at radius 3 is 2.20 bits per heavy atom. The van der Waals surface area contributed by atoms with E-state index in [9.17, 15) is 8.42 Å². The summed E-state index contributed by atoms with van der Waals surface area (Å²) in [6, 6.07) is 7.58. The molecule has 1 atom stereocenters. The average Bonchev–Trinajstić information content (AvgIpc) is 2.51. The van der Waals surface area contributed by atoms with Crippen molar-refractivity contribution in [1.29, 1.82) is 0 Å². The average molecular weight is 382 g/mol. The number of hydrogen-bond donors (Lipinski definition) is 1. The molecule has 0 spiro atoms. The minimum absolute atomic E-state index is 0. The molecule has 0 amide bonds. The van der Waals surface area contributed by atoms with Crippen LogP contribution in [0.15, 0.2) is 24.3 Å². The van der Waals surface area contributed by atoms with Crippen molar-refractivity contribution in [3.63, 3.8) is 0 Å². The standard InChI is InChI=1S/C18H30O5S.Na.H/c1-3-5-6-7-8-9-10-16-11-13-17(14-12-16)23-18(22-4-2)15-24(19,20)21;;/h11-14,18H,3-10,15H2,1-2H3,(H,19,20,21);;/q;+1;-1. The fraction of sp³-hybridized carbons (Fsp3) is 0.667. The molecule has 1 unspecified atom stereocenters. The summed E-state index contributed by atoms with van der Waals surface area (Å²) >= 11 is 0. The quantitative estimate of drug-likeness (QED) is 0.241. The molecule has 1 aromatic carbocycles. The molecule has 1 N–H and O–H groups in total. The van der Waals surface area contributed by atoms with Crippen molar-refractivity contribution >= 4 is 10.1 Å². The van der Waals surface area contributed by atoms with E-state index in [1.165, 1.54) is 44.1 Å². The maximum Gasteiger partial charge on any atom is 1.00 e. The van der Waals surface area contributed by atoms with E-state index in [0.717, 1.165) is 6.42 Å². The number of hydrogen-bond acceptors (Lipinski definition) is 4. The van der Waals surface area contributed by atoms with Gasteiger partial charge in [-0.2, -0.15) is 8.42 Å². The molecule has 0 radical (unpaired) electrons. The molecule has 0 aliphatic carbocycles. The van der Waals surface area contributed by atoms with Gasteiger partial charge in [0.1, 0.15) is 11.5 Å². The van der Waals surface area contributed by atoms with Crippen LogP contribution in [-0.4, -0.2) is 31.6 Å². The number of benzene rings is 1. The normalized spacial score (nSPS) is 12.4. The SMILES string of the molecule is CCCCCCCCc1ccc(OC(CS(=O)(=O)O)OCC)cc1.[H-].[Na+]. The second kappa shape index (κ2) is 14.0. The topological polar surface area (TPSA) is 72.8 Å². The van der Waals surface area contributed by atoms with Gasteiger partial charge in [-0.3, -0.25) is 4.55 Å². The Bertz CT molecular complexity index is 551. The monoisotopic (exact) mass is 382 g/mol. The summed E-state index contributed by atoms with van der Waals surface area (Å²) in [6.45, 7) is 4.26. The first-order chi connectivity index (χ1) is 11.4. The minimum Gasteiger partial charge on any atom is -1.00 e. The first kappa shape index (κ1) is 24.9. The summed E-state index contributed by atoms with van der Waals surface area (Å²) in [7, 11) is -4.15. The molecule has 0 aliphatic rings. The fourth-order valence-electron chi connectivity index (χ4n) is 2.47. The number of rotatable bonds is 13. The van der Waals surface area contributed by atoms with E-state index in [-0.39, 0.29) is 31.0 Å². The van der Waals surface area contributed by atoms with Crippen LogP contribution in [0.3, 0.4) is 0 Å². The molecule has 140 valence electrons. The molecule has 1 aromatic rings. The van der Waals surface area contributed by atoms with Crippen molar-refractivity contribution in [2.24, 2.45) is 0 Å². The summed E-state index contributed by atoms with van der Waals surface area (Å²) in [5, 5.41) is 0. The van der Waals surface area contributed by atoms with Crippen LogP contribution >= 0.6 is 0 Å². The molecule has 0 fully saturated rings. The first-order valence-corrected chi connectivity index (χ1v) is 10.4. The van der Waals surface area contributed by atoms with Gasteiger partial charge in [0.2, 0.25) is 6.29 Å². The van der Waals surface area contributed by atoms with Crippen LogP contribution in [0.1, 0.15) is 59.4 Å². The number of unbranched alkanes of at least 4 members (excludes halogenated alkanes) is 5. The molecule has 1 rings (SSSR count). The van der Waals surface area contributed by atoms with Crippen molar-refractivity contribution < 1.29 is 53.4 Å². The Hall–Kier alpha value is -0.110. The van der Waals surface area contributed by atoms with Gasteiger partial charge in [0.15, 0.2) is 0 Å². The molecule has 0 saturated carbocycles. The Balaban J connectivity index is 0. The summed E-state index contributed by atoms with van der Waals surface area (Å²) in [4.78, 5) is 0. The van der Waals surface area contributed by atoms with Crippen molar-refractivity contribution in [2.45, 2.75) is 65.1 Å². The number of ether oxygens (including phenoxy) is 2. The Kier molecular flexibility index (Phi) is 13.9. The summed E-state index contributed by atoms with van der Waals surface area (Å²) in [6.07, 6.45) is 7.64. The smallest absolute Gasteiger partial charge is 1.00 e. The van der Waals surface area contributed by atoms with E-state index in [0.29, 0.717) is 12.4 Å². The van der Waals surface area contributed by atoms with E-state index in [4.69, 9.17) is 14.0 Å². The zero-order valence-electron chi connectivity index (χ0n) is 16.7. The van der Waals surface area contributed by atoms with Gasteiger partial charge in [0.05, 0.1) is 0 Å². The van der Waals surface area contributed by atoms with Crippen LogP contribution in [0.2, 0.25) is 0 Å². The maximum atomic E-state index is 11.0. The predicted octanol–water partition coefficient (Wildman–Crippen LogP) is 1.34. The van der Waals surface area contributed by atoms with Gasteiger partial charge < -0.3 is 10.9 Å². The van der Waals surface area contributed by atoms with Gasteiger partial charge in [-0.25, -0.2) is 0 Å². The first-order valence-electron chi connectivity index (χ1n) is 8.77. The van der Waals surface area contributed by atoms with Crippen LogP contribution in [-0.2, 0) is 21.3 Å². The van der Waals surface area contributed by atoms with Gasteiger partial charge in [0, 0.05) is 6.61 Å². The molecule has 0 aromatic heterocycles. The third-order valence-corrected chi connectivity index (χ3v) is 4.40. The van der Waals surface area contributed by atoms with E-state index in [2.05, 4.69) is 6.92 Å². The van der Waals surface area contributed by atoms with Crippen LogP contribution in [0.25, 0.3) is 0 Å². The number of aryl methyl sites for hydroxylation is 1. The van der Waals surface area contributed by atoms with E-state index in [1.54, 1.807) is 6.92 Å². The van der Waals surface area contributed by atoms with E-state index < -0.39 is 22.2 Å². The van der Waals surface area contributed by atoms with Gasteiger partial charge in [-0.1, -0.05) is 51.2 Å².